The maximum absolute atomic E-state index is 9.83. The van der Waals surface area contributed by atoms with Gasteiger partial charge >= 0.3 is 0 Å². The van der Waals surface area contributed by atoms with Gasteiger partial charge in [0, 0.05) is 6.42 Å². The smallest absolute Gasteiger partial charge is 0.191 e. The first-order valence-corrected chi connectivity index (χ1v) is 6.81. The van der Waals surface area contributed by atoms with Crippen LogP contribution in [-0.2, 0) is 8.28 Å². The molecule has 2 aliphatic heterocycles. The van der Waals surface area contributed by atoms with Crippen molar-refractivity contribution >= 4 is 34.2 Å². The number of rotatable bonds is 2. The Morgan fingerprint density at radius 1 is 1.53 bits per heavy atom. The van der Waals surface area contributed by atoms with Crippen molar-refractivity contribution in [2.24, 2.45) is 10.2 Å². The molecule has 3 heterocycles. The number of fused-ring (bicyclic) bond motifs is 1. The number of nitrogens with zero attached hydrogens (tertiary/aromatic N) is 4. The highest BCUT2D eigenvalue weighted by molar-refractivity contribution is 14.1. The summed E-state index contributed by atoms with van der Waals surface area (Å²) in [5.41, 5.74) is 6.48. The molecule has 19 heavy (non-hydrogen) atoms. The topological polar surface area (TPSA) is 126 Å². The van der Waals surface area contributed by atoms with E-state index in [4.69, 9.17) is 15.6 Å². The lowest BCUT2D eigenvalue weighted by Gasteiger charge is -2.25. The number of halogens is 1. The van der Waals surface area contributed by atoms with Gasteiger partial charge in [0.2, 0.25) is 0 Å². The Morgan fingerprint density at radius 2 is 2.32 bits per heavy atom. The van der Waals surface area contributed by atoms with Crippen LogP contribution in [0, 0.1) is 0 Å². The molecule has 3 rings (SSSR count). The lowest BCUT2D eigenvalue weighted by molar-refractivity contribution is -0.0300. The van der Waals surface area contributed by atoms with Crippen LogP contribution in [0.5, 0.6) is 0 Å². The van der Waals surface area contributed by atoms with Crippen LogP contribution in [0.3, 0.4) is 0 Å². The highest BCUT2D eigenvalue weighted by atomic mass is 127. The summed E-state index contributed by atoms with van der Waals surface area (Å²) in [6, 6.07) is 0. The van der Waals surface area contributed by atoms with Crippen LogP contribution in [0.25, 0.3) is 0 Å². The van der Waals surface area contributed by atoms with Crippen molar-refractivity contribution in [2.75, 3.05) is 12.3 Å². The van der Waals surface area contributed by atoms with E-state index < -0.39 is 21.9 Å². The van der Waals surface area contributed by atoms with Crippen LogP contribution in [0.4, 0.5) is 11.6 Å². The molecule has 1 aromatic rings. The van der Waals surface area contributed by atoms with Crippen LogP contribution in [0.15, 0.2) is 16.6 Å². The molecule has 0 bridgehead atoms. The number of aliphatic hydroxyl groups is 2. The highest BCUT2D eigenvalue weighted by Crippen LogP contribution is 2.52. The van der Waals surface area contributed by atoms with Gasteiger partial charge < -0.3 is 20.7 Å². The lowest BCUT2D eigenvalue weighted by Crippen LogP contribution is -2.32. The van der Waals surface area contributed by atoms with Crippen LogP contribution < -0.4 is 5.73 Å². The first kappa shape index (κ1) is 13.1. The van der Waals surface area contributed by atoms with Gasteiger partial charge in [-0.15, -0.1) is 5.11 Å². The van der Waals surface area contributed by atoms with E-state index in [-0.39, 0.29) is 6.61 Å². The molecule has 0 amide bonds. The minimum atomic E-state index is -0.858. The second-order valence-corrected chi connectivity index (χ2v) is 6.12. The average molecular weight is 377 g/mol. The normalized spacial score (nSPS) is 36.7. The molecule has 0 radical (unpaired) electrons. The van der Waals surface area contributed by atoms with E-state index in [0.29, 0.717) is 23.6 Å². The Labute approximate surface area is 122 Å². The van der Waals surface area contributed by atoms with Crippen LogP contribution in [0.2, 0.25) is 0 Å². The monoisotopic (exact) mass is 377 g/mol. The summed E-state index contributed by atoms with van der Waals surface area (Å²) >= 11 is 2.08. The molecule has 8 nitrogen and oxygen atoms in total. The molecule has 1 fully saturated rings. The van der Waals surface area contributed by atoms with Gasteiger partial charge in [-0.3, -0.25) is 0 Å². The van der Waals surface area contributed by atoms with Gasteiger partial charge in [0.25, 0.3) is 0 Å². The second-order valence-electron chi connectivity index (χ2n) is 4.48. The molecule has 4 atom stereocenters. The molecule has 4 unspecified atom stereocenters. The minimum absolute atomic E-state index is 0.241. The Balaban J connectivity index is 1.97. The van der Waals surface area contributed by atoms with Gasteiger partial charge in [-0.1, -0.05) is 0 Å². The molecular formula is C10H12IN5O3. The molecular weight excluding hydrogens is 365 g/mol. The maximum atomic E-state index is 9.83. The third-order valence-electron chi connectivity index (χ3n) is 3.33. The quantitative estimate of drug-likeness (QED) is 0.386. The molecule has 0 aromatic carbocycles. The molecule has 0 aliphatic carbocycles. The number of hydrogen-bond donors (Lipinski definition) is 3. The Hall–Kier alpha value is -0.910. The third-order valence-corrected chi connectivity index (χ3v) is 4.78. The number of nitrogens with two attached hydrogens (primary N) is 1. The summed E-state index contributed by atoms with van der Waals surface area (Å²) in [5, 5.41) is 27.2. The van der Waals surface area contributed by atoms with Crippen LogP contribution >= 0.6 is 22.6 Å². The maximum Gasteiger partial charge on any atom is 0.191 e. The number of nitrogen functional groups attached to an aromatic ring is 1. The van der Waals surface area contributed by atoms with E-state index in [0.717, 1.165) is 0 Å². The second kappa shape index (κ2) is 4.58. The summed E-state index contributed by atoms with van der Waals surface area (Å²) in [5.74, 6) is 0.724. The summed E-state index contributed by atoms with van der Waals surface area (Å²) in [4.78, 5) is 7.97. The largest absolute Gasteiger partial charge is 0.394 e. The van der Waals surface area contributed by atoms with E-state index >= 15 is 0 Å². The van der Waals surface area contributed by atoms with Gasteiger partial charge in [-0.2, -0.15) is 5.11 Å². The minimum Gasteiger partial charge on any atom is -0.394 e. The Bertz CT molecular complexity index is 542. The van der Waals surface area contributed by atoms with Gasteiger partial charge in [0.05, 0.1) is 18.3 Å². The molecule has 9 heteroatoms. The first-order valence-electron chi connectivity index (χ1n) is 5.73. The predicted molar refractivity (Wildman–Crippen MR) is 73.0 cm³/mol. The summed E-state index contributed by atoms with van der Waals surface area (Å²) in [6.07, 6.45) is -0.0933. The molecule has 0 saturated carbocycles. The summed E-state index contributed by atoms with van der Waals surface area (Å²) < 4.78 is 4.79. The SMILES string of the molecule is Nc1ncnc2c1C(I)(C1CC(O)C(CO)O1)N=N2. The fourth-order valence-corrected chi connectivity index (χ4v) is 3.36. The van der Waals surface area contributed by atoms with Crippen molar-refractivity contribution in [3.63, 3.8) is 0 Å². The lowest BCUT2D eigenvalue weighted by atomic mass is 10.0. The Morgan fingerprint density at radius 3 is 3.00 bits per heavy atom. The van der Waals surface area contributed by atoms with Crippen LogP contribution in [-0.4, -0.2) is 45.1 Å². The van der Waals surface area contributed by atoms with Crippen molar-refractivity contribution in [1.29, 1.82) is 0 Å². The number of alkyl halides is 1. The average Bonchev–Trinajstić information content (AvgIpc) is 2.93. The van der Waals surface area contributed by atoms with E-state index in [9.17, 15) is 5.11 Å². The van der Waals surface area contributed by atoms with Crippen LogP contribution in [0.1, 0.15) is 12.0 Å². The van der Waals surface area contributed by atoms with Crippen molar-refractivity contribution in [3.05, 3.63) is 11.9 Å². The van der Waals surface area contributed by atoms with Gasteiger partial charge in [-0.25, -0.2) is 9.97 Å². The highest BCUT2D eigenvalue weighted by Gasteiger charge is 2.52. The predicted octanol–water partition coefficient (Wildman–Crippen LogP) is 0.255. The molecule has 1 saturated heterocycles. The van der Waals surface area contributed by atoms with Crippen molar-refractivity contribution in [1.82, 2.24) is 9.97 Å². The number of hydrogen-bond acceptors (Lipinski definition) is 8. The molecule has 102 valence electrons. The molecule has 1 aromatic heterocycles. The zero-order valence-electron chi connectivity index (χ0n) is 9.77. The van der Waals surface area contributed by atoms with Crippen molar-refractivity contribution in [2.45, 2.75) is 28.3 Å². The van der Waals surface area contributed by atoms with E-state index in [1.165, 1.54) is 6.33 Å². The van der Waals surface area contributed by atoms with E-state index in [2.05, 4.69) is 42.8 Å². The number of aromatic nitrogens is 2. The van der Waals surface area contributed by atoms with E-state index in [1.54, 1.807) is 0 Å². The number of azo groups is 1. The summed E-state index contributed by atoms with van der Waals surface area (Å²) in [7, 11) is 0. The van der Waals surface area contributed by atoms with Gasteiger partial charge in [0.15, 0.2) is 9.36 Å². The molecule has 2 aliphatic rings. The third kappa shape index (κ3) is 1.91. The zero-order chi connectivity index (χ0) is 13.6. The fourth-order valence-electron chi connectivity index (χ4n) is 2.34. The zero-order valence-corrected chi connectivity index (χ0v) is 11.9. The summed E-state index contributed by atoms with van der Waals surface area (Å²) in [6.45, 7) is -0.241. The van der Waals surface area contributed by atoms with E-state index in [1.807, 2.05) is 0 Å². The number of anilines is 1. The Kier molecular flexibility index (Phi) is 3.15. The van der Waals surface area contributed by atoms with Crippen molar-refractivity contribution < 1.29 is 14.9 Å². The van der Waals surface area contributed by atoms with Gasteiger partial charge in [-0.05, 0) is 22.6 Å². The number of ether oxygens (including phenoxy) is 1. The van der Waals surface area contributed by atoms with Gasteiger partial charge in [0.1, 0.15) is 24.4 Å². The standard InChI is InChI=1S/C10H12IN5O3/c11-10(6-1-4(18)5(2-17)19-6)7-8(12)13-3-14-9(7)15-16-10/h3-6,17-18H,1-2H2,(H2,12,13,14). The molecule has 4 N–H and O–H groups in total. The fraction of sp³-hybridized carbons (Fsp3) is 0.600. The molecule has 0 spiro atoms. The first-order chi connectivity index (χ1) is 9.06. The van der Waals surface area contributed by atoms with Crippen molar-refractivity contribution in [3.8, 4) is 0 Å². The number of aliphatic hydroxyl groups excluding tert-OH is 2.